The number of amides is 1. The van der Waals surface area contributed by atoms with Gasteiger partial charge >= 0.3 is 0 Å². The third-order valence-electron chi connectivity index (χ3n) is 4.50. The van der Waals surface area contributed by atoms with Crippen LogP contribution in [0.3, 0.4) is 0 Å². The van der Waals surface area contributed by atoms with Crippen LogP contribution in [0.4, 0.5) is 0 Å². The Morgan fingerprint density at radius 3 is 3.09 bits per heavy atom. The van der Waals surface area contributed by atoms with Crippen LogP contribution < -0.4 is 5.32 Å². The molecule has 2 aliphatic rings. The molecule has 1 aromatic heterocycles. The lowest BCUT2D eigenvalue weighted by atomic mass is 9.98. The molecular weight excluding hydrogens is 280 g/mol. The van der Waals surface area contributed by atoms with E-state index < -0.39 is 0 Å². The van der Waals surface area contributed by atoms with E-state index in [2.05, 4.69) is 15.5 Å². The van der Waals surface area contributed by atoms with Crippen LogP contribution in [-0.4, -0.2) is 39.2 Å². The van der Waals surface area contributed by atoms with Crippen LogP contribution in [0, 0.1) is 0 Å². The van der Waals surface area contributed by atoms with Crippen molar-refractivity contribution in [2.45, 2.75) is 25.9 Å². The quantitative estimate of drug-likeness (QED) is 0.732. The second-order valence-corrected chi connectivity index (χ2v) is 5.89. The molecule has 0 saturated heterocycles. The van der Waals surface area contributed by atoms with Crippen molar-refractivity contribution in [1.82, 2.24) is 20.4 Å². The van der Waals surface area contributed by atoms with Crippen LogP contribution in [0.5, 0.6) is 5.75 Å². The van der Waals surface area contributed by atoms with Crippen molar-refractivity contribution in [3.05, 3.63) is 46.3 Å². The smallest absolute Gasteiger partial charge is 0.275 e. The van der Waals surface area contributed by atoms with Gasteiger partial charge in [0, 0.05) is 43.9 Å². The number of benzene rings is 1. The molecule has 3 N–H and O–H groups in total. The second-order valence-electron chi connectivity index (χ2n) is 5.89. The molecule has 0 radical (unpaired) electrons. The molecule has 0 bridgehead atoms. The zero-order chi connectivity index (χ0) is 15.1. The molecule has 4 rings (SSSR count). The first-order valence-electron chi connectivity index (χ1n) is 7.59. The third-order valence-corrected chi connectivity index (χ3v) is 4.50. The maximum absolute atomic E-state index is 12.8. The number of H-pyrrole nitrogens is 1. The van der Waals surface area contributed by atoms with Gasteiger partial charge in [0.1, 0.15) is 5.75 Å². The largest absolute Gasteiger partial charge is 0.508 e. The van der Waals surface area contributed by atoms with Crippen LogP contribution in [0.1, 0.15) is 32.9 Å². The summed E-state index contributed by atoms with van der Waals surface area (Å²) in [5.41, 5.74) is 4.82. The van der Waals surface area contributed by atoms with Crippen LogP contribution in [0.25, 0.3) is 0 Å². The number of rotatable bonds is 1. The Kier molecular flexibility index (Phi) is 3.11. The predicted octanol–water partition coefficient (Wildman–Crippen LogP) is 0.959. The molecule has 0 spiro atoms. The van der Waals surface area contributed by atoms with Gasteiger partial charge in [0.2, 0.25) is 0 Å². The number of aromatic nitrogens is 2. The summed E-state index contributed by atoms with van der Waals surface area (Å²) < 4.78 is 0. The minimum Gasteiger partial charge on any atom is -0.508 e. The average Bonchev–Trinajstić information content (AvgIpc) is 2.97. The Balaban J connectivity index is 1.60. The van der Waals surface area contributed by atoms with E-state index in [-0.39, 0.29) is 11.7 Å². The molecule has 1 aromatic carbocycles. The fraction of sp³-hybridized carbons (Fsp3) is 0.375. The van der Waals surface area contributed by atoms with E-state index in [1.54, 1.807) is 12.1 Å². The van der Waals surface area contributed by atoms with Crippen LogP contribution in [-0.2, 0) is 25.9 Å². The van der Waals surface area contributed by atoms with Crippen molar-refractivity contribution in [1.29, 1.82) is 0 Å². The molecule has 2 aliphatic heterocycles. The van der Waals surface area contributed by atoms with Gasteiger partial charge in [-0.15, -0.1) is 0 Å². The number of fused-ring (bicyclic) bond motifs is 2. The molecular formula is C16H18N4O2. The van der Waals surface area contributed by atoms with E-state index in [0.29, 0.717) is 25.3 Å². The Hall–Kier alpha value is -2.34. The molecule has 22 heavy (non-hydrogen) atoms. The SMILES string of the molecule is O=C(c1n[nH]c2c1CNCC2)N1CCc2ccc(O)cc2C1. The Labute approximate surface area is 128 Å². The number of aromatic hydroxyl groups is 1. The topological polar surface area (TPSA) is 81.2 Å². The zero-order valence-electron chi connectivity index (χ0n) is 12.2. The molecule has 6 heteroatoms. The minimum atomic E-state index is -0.0322. The van der Waals surface area contributed by atoms with Gasteiger partial charge < -0.3 is 15.3 Å². The highest BCUT2D eigenvalue weighted by Crippen LogP contribution is 2.25. The van der Waals surface area contributed by atoms with Crippen LogP contribution >= 0.6 is 0 Å². The van der Waals surface area contributed by atoms with Crippen LogP contribution in [0.2, 0.25) is 0 Å². The molecule has 0 aliphatic carbocycles. The highest BCUT2D eigenvalue weighted by molar-refractivity contribution is 5.94. The van der Waals surface area contributed by atoms with Crippen LogP contribution in [0.15, 0.2) is 18.2 Å². The molecule has 0 fully saturated rings. The number of hydrogen-bond donors (Lipinski definition) is 3. The van der Waals surface area contributed by atoms with Gasteiger partial charge in [0.25, 0.3) is 5.91 Å². The van der Waals surface area contributed by atoms with Gasteiger partial charge in [-0.25, -0.2) is 0 Å². The number of nitrogens with zero attached hydrogens (tertiary/aromatic N) is 2. The number of phenols is 1. The standard InChI is InChI=1S/C16H18N4O2/c21-12-2-1-10-4-6-20(9-11(10)7-12)16(22)15-13-8-17-5-3-14(13)18-19-15/h1-2,7,17,21H,3-6,8-9H2,(H,18,19). The molecule has 6 nitrogen and oxygen atoms in total. The predicted molar refractivity (Wildman–Crippen MR) is 80.5 cm³/mol. The van der Waals surface area contributed by atoms with Gasteiger partial charge in [0.05, 0.1) is 0 Å². The Morgan fingerprint density at radius 2 is 2.18 bits per heavy atom. The van der Waals surface area contributed by atoms with Gasteiger partial charge in [-0.3, -0.25) is 9.89 Å². The first kappa shape index (κ1) is 13.3. The molecule has 2 aromatic rings. The van der Waals surface area contributed by atoms with Gasteiger partial charge in [-0.1, -0.05) is 6.07 Å². The van der Waals surface area contributed by atoms with E-state index in [1.807, 2.05) is 11.0 Å². The number of aromatic amines is 1. The van der Waals surface area contributed by atoms with Gasteiger partial charge in [0.15, 0.2) is 5.69 Å². The van der Waals surface area contributed by atoms with Gasteiger partial charge in [-0.05, 0) is 29.7 Å². The fourth-order valence-electron chi connectivity index (χ4n) is 3.27. The minimum absolute atomic E-state index is 0.0322. The van der Waals surface area contributed by atoms with E-state index in [1.165, 1.54) is 5.56 Å². The lowest BCUT2D eigenvalue weighted by Crippen LogP contribution is -2.37. The number of nitrogens with one attached hydrogen (secondary N) is 2. The lowest BCUT2D eigenvalue weighted by molar-refractivity contribution is 0.0727. The van der Waals surface area contributed by atoms with Crippen molar-refractivity contribution < 1.29 is 9.90 Å². The molecule has 0 unspecified atom stereocenters. The summed E-state index contributed by atoms with van der Waals surface area (Å²) in [6.45, 7) is 2.82. The highest BCUT2D eigenvalue weighted by Gasteiger charge is 2.27. The van der Waals surface area contributed by atoms with Crippen molar-refractivity contribution >= 4 is 5.91 Å². The number of hydrogen-bond acceptors (Lipinski definition) is 4. The summed E-state index contributed by atoms with van der Waals surface area (Å²) in [6.07, 6.45) is 1.69. The first-order valence-corrected chi connectivity index (χ1v) is 7.59. The summed E-state index contributed by atoms with van der Waals surface area (Å²) in [5.74, 6) is 0.213. The number of carbonyl (C=O) groups is 1. The fourth-order valence-corrected chi connectivity index (χ4v) is 3.27. The Bertz CT molecular complexity index is 738. The van der Waals surface area contributed by atoms with E-state index in [9.17, 15) is 9.90 Å². The average molecular weight is 298 g/mol. The second kappa shape index (κ2) is 5.14. The van der Waals surface area contributed by atoms with E-state index >= 15 is 0 Å². The summed E-state index contributed by atoms with van der Waals surface area (Å²) in [6, 6.07) is 5.38. The maximum Gasteiger partial charge on any atom is 0.275 e. The van der Waals surface area contributed by atoms with Gasteiger partial charge in [-0.2, -0.15) is 5.10 Å². The number of phenolic OH excluding ortho intramolecular Hbond substituents is 1. The molecule has 0 atom stereocenters. The highest BCUT2D eigenvalue weighted by atomic mass is 16.3. The summed E-state index contributed by atoms with van der Waals surface area (Å²) in [7, 11) is 0. The first-order chi connectivity index (χ1) is 10.7. The summed E-state index contributed by atoms with van der Waals surface area (Å²) >= 11 is 0. The normalized spacial score (nSPS) is 17.0. The lowest BCUT2D eigenvalue weighted by Gasteiger charge is -2.29. The monoisotopic (exact) mass is 298 g/mol. The van der Waals surface area contributed by atoms with Crippen molar-refractivity contribution in [2.75, 3.05) is 13.1 Å². The van der Waals surface area contributed by atoms with E-state index in [4.69, 9.17) is 0 Å². The molecule has 1 amide bonds. The molecule has 3 heterocycles. The summed E-state index contributed by atoms with van der Waals surface area (Å²) in [5, 5.41) is 20.1. The maximum atomic E-state index is 12.8. The number of carbonyl (C=O) groups excluding carboxylic acids is 1. The molecule has 114 valence electrons. The Morgan fingerprint density at radius 1 is 1.27 bits per heavy atom. The van der Waals surface area contributed by atoms with Crippen molar-refractivity contribution in [3.8, 4) is 5.75 Å². The van der Waals surface area contributed by atoms with E-state index in [0.717, 1.165) is 36.2 Å². The van der Waals surface area contributed by atoms with Crippen molar-refractivity contribution in [3.63, 3.8) is 0 Å². The summed E-state index contributed by atoms with van der Waals surface area (Å²) in [4.78, 5) is 14.6. The third kappa shape index (κ3) is 2.16. The molecule has 0 saturated carbocycles. The zero-order valence-corrected chi connectivity index (χ0v) is 12.2. The van der Waals surface area contributed by atoms with Crippen molar-refractivity contribution in [2.24, 2.45) is 0 Å².